The third-order valence-corrected chi connectivity index (χ3v) is 4.68. The fourth-order valence-corrected chi connectivity index (χ4v) is 3.76. The second-order valence-electron chi connectivity index (χ2n) is 7.24. The minimum Gasteiger partial charge on any atom is -0.459 e. The summed E-state index contributed by atoms with van der Waals surface area (Å²) in [4.78, 5) is 25.8. The summed E-state index contributed by atoms with van der Waals surface area (Å²) in [5, 5.41) is 9.14. The van der Waals surface area contributed by atoms with E-state index in [9.17, 15) is 22.8 Å². The number of rotatable bonds is 1. The monoisotopic (exact) mass is 352 g/mol. The smallest absolute Gasteiger partial charge is 0.450 e. The molecule has 5 nitrogen and oxygen atoms in total. The van der Waals surface area contributed by atoms with Crippen LogP contribution in [0, 0.1) is 22.2 Å². The zero-order chi connectivity index (χ0) is 18.6. The summed E-state index contributed by atoms with van der Waals surface area (Å²) in [6, 6.07) is 2.88. The van der Waals surface area contributed by atoms with E-state index in [-0.39, 0.29) is 24.4 Å². The first-order chi connectivity index (χ1) is 11.5. The summed E-state index contributed by atoms with van der Waals surface area (Å²) in [6.07, 6.45) is -1.92. The first-order valence-corrected chi connectivity index (χ1v) is 7.61. The number of likely N-dealkylation sites (tertiary alicyclic amines) is 1. The first kappa shape index (κ1) is 17.3. The molecule has 0 aromatic carbocycles. The van der Waals surface area contributed by atoms with E-state index in [1.165, 1.54) is 4.90 Å². The van der Waals surface area contributed by atoms with Gasteiger partial charge in [0.25, 0.3) is 5.91 Å². The summed E-state index contributed by atoms with van der Waals surface area (Å²) in [5.74, 6) is -2.33. The third kappa shape index (κ3) is 2.73. The highest BCUT2D eigenvalue weighted by atomic mass is 19.4. The number of carbonyl (C=O) groups is 2. The highest BCUT2D eigenvalue weighted by Gasteiger charge is 2.53. The van der Waals surface area contributed by atoms with Crippen molar-refractivity contribution in [1.29, 1.82) is 5.26 Å². The van der Waals surface area contributed by atoms with E-state index in [4.69, 9.17) is 5.26 Å². The average Bonchev–Trinajstić information content (AvgIpc) is 2.96. The molecular weight excluding hydrogens is 337 g/mol. The van der Waals surface area contributed by atoms with Crippen molar-refractivity contribution < 1.29 is 27.2 Å². The van der Waals surface area contributed by atoms with Crippen LogP contribution in [0.5, 0.6) is 0 Å². The Morgan fingerprint density at radius 1 is 1.36 bits per heavy atom. The second-order valence-corrected chi connectivity index (χ2v) is 7.24. The summed E-state index contributed by atoms with van der Waals surface area (Å²) in [7, 11) is 0. The van der Waals surface area contributed by atoms with Crippen molar-refractivity contribution in [1.82, 2.24) is 4.90 Å². The van der Waals surface area contributed by atoms with E-state index in [0.29, 0.717) is 6.42 Å². The predicted octanol–water partition coefficient (Wildman–Crippen LogP) is 3.19. The number of allylic oxidation sites excluding steroid dienone is 1. The van der Waals surface area contributed by atoms with Gasteiger partial charge in [0.05, 0.1) is 17.4 Å². The second kappa shape index (κ2) is 5.22. The Bertz CT molecular complexity index is 821. The van der Waals surface area contributed by atoms with Gasteiger partial charge in [-0.05, 0) is 12.5 Å². The number of furan rings is 1. The number of hydrogen-bond acceptors (Lipinski definition) is 4. The molecule has 8 heteroatoms. The Hall–Kier alpha value is -2.56. The van der Waals surface area contributed by atoms with Gasteiger partial charge in [0.15, 0.2) is 5.78 Å². The van der Waals surface area contributed by atoms with E-state index in [2.05, 4.69) is 4.42 Å². The summed E-state index contributed by atoms with van der Waals surface area (Å²) < 4.78 is 43.0. The van der Waals surface area contributed by atoms with Crippen molar-refractivity contribution in [2.75, 3.05) is 13.1 Å². The Labute approximate surface area is 141 Å². The Morgan fingerprint density at radius 2 is 2.00 bits per heavy atom. The van der Waals surface area contributed by atoms with Crippen LogP contribution in [0.4, 0.5) is 13.2 Å². The zero-order valence-electron chi connectivity index (χ0n) is 13.6. The number of carbonyl (C=O) groups excluding carboxylic acids is 2. The van der Waals surface area contributed by atoms with Crippen LogP contribution in [-0.2, 0) is 11.0 Å². The van der Waals surface area contributed by atoms with Gasteiger partial charge < -0.3 is 9.32 Å². The third-order valence-electron chi connectivity index (χ3n) is 4.68. The molecule has 3 rings (SSSR count). The van der Waals surface area contributed by atoms with Gasteiger partial charge in [-0.3, -0.25) is 9.59 Å². The molecule has 132 valence electrons. The van der Waals surface area contributed by atoms with Gasteiger partial charge in [0.2, 0.25) is 5.76 Å². The molecule has 1 saturated heterocycles. The van der Waals surface area contributed by atoms with Gasteiger partial charge in [-0.1, -0.05) is 19.9 Å². The molecule has 1 aromatic rings. The van der Waals surface area contributed by atoms with Crippen LogP contribution in [0.15, 0.2) is 28.4 Å². The van der Waals surface area contributed by atoms with E-state index >= 15 is 0 Å². The number of Topliss-reactive ketones (excluding diaryl/α,β-unsaturated/α-hetero) is 1. The lowest BCUT2D eigenvalue weighted by Crippen LogP contribution is -2.61. The van der Waals surface area contributed by atoms with E-state index in [0.717, 1.165) is 12.3 Å². The van der Waals surface area contributed by atoms with E-state index < -0.39 is 34.2 Å². The molecule has 0 radical (unpaired) electrons. The lowest BCUT2D eigenvalue weighted by molar-refractivity contribution is -0.153. The molecule has 0 saturated carbocycles. The molecule has 1 fully saturated rings. The molecule has 25 heavy (non-hydrogen) atoms. The minimum absolute atomic E-state index is 0.0441. The van der Waals surface area contributed by atoms with Gasteiger partial charge in [0, 0.05) is 23.9 Å². The molecule has 1 aliphatic heterocycles. The fraction of sp³-hybridized carbons (Fsp3) is 0.471. The van der Waals surface area contributed by atoms with Crippen molar-refractivity contribution in [2.24, 2.45) is 10.8 Å². The molecule has 0 atom stereocenters. The van der Waals surface area contributed by atoms with Crippen molar-refractivity contribution in [3.05, 3.63) is 35.3 Å². The average molecular weight is 352 g/mol. The van der Waals surface area contributed by atoms with Crippen LogP contribution in [-0.4, -0.2) is 29.7 Å². The molecule has 1 spiro atoms. The SMILES string of the molecule is CC1(C)CC2(C=C(C#N)C1=O)CN(C(=O)c1ccoc1C(F)(F)F)C2. The van der Waals surface area contributed by atoms with E-state index in [1.807, 2.05) is 6.07 Å². The summed E-state index contributed by atoms with van der Waals surface area (Å²) in [5.41, 5.74) is -1.79. The maximum absolute atomic E-state index is 12.9. The topological polar surface area (TPSA) is 74.3 Å². The largest absolute Gasteiger partial charge is 0.459 e. The molecule has 0 unspecified atom stereocenters. The molecule has 2 aliphatic rings. The fourth-order valence-electron chi connectivity index (χ4n) is 3.76. The number of ketones is 1. The number of nitriles is 1. The number of hydrogen-bond donors (Lipinski definition) is 0. The summed E-state index contributed by atoms with van der Waals surface area (Å²) >= 11 is 0. The lowest BCUT2D eigenvalue weighted by Gasteiger charge is -2.53. The lowest BCUT2D eigenvalue weighted by atomic mass is 9.61. The molecule has 0 N–H and O–H groups in total. The predicted molar refractivity (Wildman–Crippen MR) is 79.1 cm³/mol. The van der Waals surface area contributed by atoms with Crippen molar-refractivity contribution in [2.45, 2.75) is 26.4 Å². The highest BCUT2D eigenvalue weighted by molar-refractivity contribution is 6.04. The van der Waals surface area contributed by atoms with Gasteiger partial charge >= 0.3 is 6.18 Å². The van der Waals surface area contributed by atoms with Crippen LogP contribution < -0.4 is 0 Å². The standard InChI is InChI=1S/C17H15F3N2O3/c1-15(2)7-16(5-10(6-21)12(15)23)8-22(9-16)14(24)11-3-4-25-13(11)17(18,19)20/h3-5H,7-9H2,1-2H3. The summed E-state index contributed by atoms with van der Waals surface area (Å²) in [6.45, 7) is 3.78. The first-order valence-electron chi connectivity index (χ1n) is 7.61. The Morgan fingerprint density at radius 3 is 2.56 bits per heavy atom. The highest BCUT2D eigenvalue weighted by Crippen LogP contribution is 2.48. The number of alkyl halides is 3. The molecule has 2 heterocycles. The molecule has 1 aliphatic carbocycles. The van der Waals surface area contributed by atoms with Crippen LogP contribution in [0.3, 0.4) is 0 Å². The van der Waals surface area contributed by atoms with Crippen LogP contribution >= 0.6 is 0 Å². The minimum atomic E-state index is -4.75. The Balaban J connectivity index is 1.82. The van der Waals surface area contributed by atoms with Crippen molar-refractivity contribution in [3.63, 3.8) is 0 Å². The van der Waals surface area contributed by atoms with Crippen LogP contribution in [0.2, 0.25) is 0 Å². The quantitative estimate of drug-likeness (QED) is 0.778. The zero-order valence-corrected chi connectivity index (χ0v) is 13.6. The van der Waals surface area contributed by atoms with Crippen molar-refractivity contribution >= 4 is 11.7 Å². The number of halogens is 3. The van der Waals surface area contributed by atoms with Crippen molar-refractivity contribution in [3.8, 4) is 6.07 Å². The number of nitrogens with zero attached hydrogens (tertiary/aromatic N) is 2. The van der Waals surface area contributed by atoms with Gasteiger partial charge in [-0.15, -0.1) is 0 Å². The maximum Gasteiger partial charge on any atom is 0.450 e. The molecule has 1 amide bonds. The molecule has 0 bridgehead atoms. The maximum atomic E-state index is 12.9. The molecular formula is C17H15F3N2O3. The normalized spacial score (nSPS) is 21.5. The van der Waals surface area contributed by atoms with Crippen LogP contribution in [0.25, 0.3) is 0 Å². The van der Waals surface area contributed by atoms with E-state index in [1.54, 1.807) is 19.9 Å². The Kier molecular flexibility index (Phi) is 3.60. The van der Waals surface area contributed by atoms with Gasteiger partial charge in [-0.25, -0.2) is 0 Å². The number of amides is 1. The van der Waals surface area contributed by atoms with Gasteiger partial charge in [0.1, 0.15) is 6.07 Å². The van der Waals surface area contributed by atoms with Crippen LogP contribution in [0.1, 0.15) is 36.4 Å². The molecule has 1 aromatic heterocycles. The van der Waals surface area contributed by atoms with Gasteiger partial charge in [-0.2, -0.15) is 18.4 Å².